The number of nitriles is 1. The SMILES string of the molecule is N#CCC(NS(=O)(=O)c1ccccc1[N+](=O)[O-])c1ccccc1. The van der Waals surface area contributed by atoms with Crippen molar-refractivity contribution in [2.75, 3.05) is 0 Å². The van der Waals surface area contributed by atoms with Crippen LogP contribution in [0.5, 0.6) is 0 Å². The quantitative estimate of drug-likeness (QED) is 0.645. The van der Waals surface area contributed by atoms with Crippen molar-refractivity contribution in [3.05, 3.63) is 70.3 Å². The maximum Gasteiger partial charge on any atom is 0.289 e. The van der Waals surface area contributed by atoms with Crippen molar-refractivity contribution in [2.24, 2.45) is 0 Å². The monoisotopic (exact) mass is 331 g/mol. The molecular weight excluding hydrogens is 318 g/mol. The van der Waals surface area contributed by atoms with Crippen molar-refractivity contribution >= 4 is 15.7 Å². The van der Waals surface area contributed by atoms with E-state index in [2.05, 4.69) is 4.72 Å². The normalized spacial score (nSPS) is 12.3. The van der Waals surface area contributed by atoms with Gasteiger partial charge in [-0.1, -0.05) is 42.5 Å². The third kappa shape index (κ3) is 3.91. The van der Waals surface area contributed by atoms with Crippen molar-refractivity contribution < 1.29 is 13.3 Å². The summed E-state index contributed by atoms with van der Waals surface area (Å²) in [6, 6.07) is 14.8. The van der Waals surface area contributed by atoms with E-state index in [1.54, 1.807) is 30.3 Å². The van der Waals surface area contributed by atoms with Crippen LogP contribution < -0.4 is 4.72 Å². The molecule has 0 amide bonds. The molecule has 0 spiro atoms. The van der Waals surface area contributed by atoms with Crippen LogP contribution in [0.25, 0.3) is 0 Å². The van der Waals surface area contributed by atoms with Gasteiger partial charge in [0.1, 0.15) is 0 Å². The van der Waals surface area contributed by atoms with Gasteiger partial charge in [0.2, 0.25) is 10.0 Å². The van der Waals surface area contributed by atoms with Crippen molar-refractivity contribution in [2.45, 2.75) is 17.4 Å². The minimum Gasteiger partial charge on any atom is -0.258 e. The van der Waals surface area contributed by atoms with Crippen LogP contribution >= 0.6 is 0 Å². The fraction of sp³-hybridized carbons (Fsp3) is 0.133. The molecule has 0 radical (unpaired) electrons. The lowest BCUT2D eigenvalue weighted by atomic mass is 10.1. The van der Waals surface area contributed by atoms with E-state index >= 15 is 0 Å². The molecule has 0 aliphatic rings. The highest BCUT2D eigenvalue weighted by molar-refractivity contribution is 7.89. The van der Waals surface area contributed by atoms with Crippen LogP contribution in [-0.4, -0.2) is 13.3 Å². The molecule has 0 saturated heterocycles. The Bertz CT molecular complexity index is 845. The van der Waals surface area contributed by atoms with Crippen molar-refractivity contribution in [3.63, 3.8) is 0 Å². The van der Waals surface area contributed by atoms with E-state index in [9.17, 15) is 18.5 Å². The fourth-order valence-corrected chi connectivity index (χ4v) is 3.49. The van der Waals surface area contributed by atoms with Gasteiger partial charge < -0.3 is 0 Å². The first kappa shape index (κ1) is 16.6. The van der Waals surface area contributed by atoms with Crippen molar-refractivity contribution in [1.29, 1.82) is 5.26 Å². The Morgan fingerprint density at radius 1 is 1.13 bits per heavy atom. The van der Waals surface area contributed by atoms with E-state index in [0.717, 1.165) is 12.1 Å². The lowest BCUT2D eigenvalue weighted by Crippen LogP contribution is -2.29. The standard InChI is InChI=1S/C15H13N3O4S/c16-11-10-13(12-6-2-1-3-7-12)17-23(21,22)15-9-5-4-8-14(15)18(19)20/h1-9,13,17H,10H2. The van der Waals surface area contributed by atoms with Crippen LogP contribution in [0.15, 0.2) is 59.5 Å². The highest BCUT2D eigenvalue weighted by Gasteiger charge is 2.28. The number of nitrogens with one attached hydrogen (secondary N) is 1. The smallest absolute Gasteiger partial charge is 0.258 e. The van der Waals surface area contributed by atoms with Gasteiger partial charge in [-0.05, 0) is 11.6 Å². The van der Waals surface area contributed by atoms with Crippen LogP contribution in [0, 0.1) is 21.4 Å². The van der Waals surface area contributed by atoms with E-state index in [1.165, 1.54) is 12.1 Å². The predicted molar refractivity (Wildman–Crippen MR) is 82.8 cm³/mol. The first-order chi connectivity index (χ1) is 11.0. The third-order valence-electron chi connectivity index (χ3n) is 3.15. The van der Waals surface area contributed by atoms with E-state index in [4.69, 9.17) is 5.26 Å². The first-order valence-electron chi connectivity index (χ1n) is 6.63. The molecule has 1 atom stereocenters. The number of benzene rings is 2. The zero-order valence-corrected chi connectivity index (χ0v) is 12.7. The number of nitro benzene ring substituents is 1. The van der Waals surface area contributed by atoms with Gasteiger partial charge in [0.15, 0.2) is 4.90 Å². The number of para-hydroxylation sites is 1. The minimum absolute atomic E-state index is 0.0934. The Kier molecular flexibility index (Phi) is 5.05. The molecule has 0 bridgehead atoms. The molecule has 2 aromatic carbocycles. The van der Waals surface area contributed by atoms with E-state index < -0.39 is 31.6 Å². The Labute approximate surface area is 133 Å². The molecule has 0 saturated carbocycles. The molecule has 1 unspecified atom stereocenters. The van der Waals surface area contributed by atoms with Gasteiger partial charge in [-0.25, -0.2) is 13.1 Å². The topological polar surface area (TPSA) is 113 Å². The van der Waals surface area contributed by atoms with Crippen LogP contribution in [0.3, 0.4) is 0 Å². The van der Waals surface area contributed by atoms with Crippen LogP contribution in [0.4, 0.5) is 5.69 Å². The number of nitrogens with zero attached hydrogens (tertiary/aromatic N) is 2. The highest BCUT2D eigenvalue weighted by Crippen LogP contribution is 2.26. The molecule has 118 valence electrons. The molecule has 0 fully saturated rings. The Morgan fingerprint density at radius 2 is 1.74 bits per heavy atom. The summed E-state index contributed by atoms with van der Waals surface area (Å²) in [6.45, 7) is 0. The summed E-state index contributed by atoms with van der Waals surface area (Å²) >= 11 is 0. The molecular formula is C15H13N3O4S. The molecule has 2 rings (SSSR count). The van der Waals surface area contributed by atoms with Crippen LogP contribution in [0.2, 0.25) is 0 Å². The molecule has 0 heterocycles. The van der Waals surface area contributed by atoms with Gasteiger partial charge >= 0.3 is 0 Å². The number of sulfonamides is 1. The van der Waals surface area contributed by atoms with Gasteiger partial charge in [0.25, 0.3) is 5.69 Å². The molecule has 8 heteroatoms. The average molecular weight is 331 g/mol. The Hall–Kier alpha value is -2.76. The summed E-state index contributed by atoms with van der Waals surface area (Å²) < 4.78 is 27.3. The average Bonchev–Trinajstić information content (AvgIpc) is 2.55. The largest absolute Gasteiger partial charge is 0.289 e. The lowest BCUT2D eigenvalue weighted by molar-refractivity contribution is -0.387. The lowest BCUT2D eigenvalue weighted by Gasteiger charge is -2.16. The van der Waals surface area contributed by atoms with Crippen molar-refractivity contribution in [3.8, 4) is 6.07 Å². The van der Waals surface area contributed by atoms with Gasteiger partial charge in [-0.15, -0.1) is 0 Å². The van der Waals surface area contributed by atoms with E-state index in [1.807, 2.05) is 6.07 Å². The second-order valence-electron chi connectivity index (χ2n) is 4.67. The zero-order chi connectivity index (χ0) is 16.9. The molecule has 0 aliphatic carbocycles. The summed E-state index contributed by atoms with van der Waals surface area (Å²) in [5.41, 5.74) is 0.0972. The molecule has 23 heavy (non-hydrogen) atoms. The summed E-state index contributed by atoms with van der Waals surface area (Å²) in [5, 5.41) is 19.9. The number of nitro groups is 1. The van der Waals surface area contributed by atoms with Crippen LogP contribution in [-0.2, 0) is 10.0 Å². The Morgan fingerprint density at radius 3 is 2.35 bits per heavy atom. The third-order valence-corrected chi connectivity index (χ3v) is 4.67. The second kappa shape index (κ2) is 7.00. The molecule has 7 nitrogen and oxygen atoms in total. The molecule has 1 N–H and O–H groups in total. The molecule has 0 aliphatic heterocycles. The number of rotatable bonds is 6. The number of hydrogen-bond acceptors (Lipinski definition) is 5. The highest BCUT2D eigenvalue weighted by atomic mass is 32.2. The maximum atomic E-state index is 12.5. The first-order valence-corrected chi connectivity index (χ1v) is 8.11. The molecule has 2 aromatic rings. The minimum atomic E-state index is -4.15. The summed E-state index contributed by atoms with van der Waals surface area (Å²) in [4.78, 5) is 9.83. The predicted octanol–water partition coefficient (Wildman–Crippen LogP) is 2.53. The summed E-state index contributed by atoms with van der Waals surface area (Å²) in [7, 11) is -4.15. The molecule has 0 aromatic heterocycles. The zero-order valence-electron chi connectivity index (χ0n) is 11.9. The number of hydrogen-bond donors (Lipinski definition) is 1. The van der Waals surface area contributed by atoms with Gasteiger partial charge in [0, 0.05) is 6.07 Å². The second-order valence-corrected chi connectivity index (χ2v) is 6.35. The summed E-state index contributed by atoms with van der Waals surface area (Å²) in [5.74, 6) is 0. The van der Waals surface area contributed by atoms with Gasteiger partial charge in [-0.3, -0.25) is 10.1 Å². The van der Waals surface area contributed by atoms with Gasteiger partial charge in [0.05, 0.1) is 23.5 Å². The maximum absolute atomic E-state index is 12.5. The van der Waals surface area contributed by atoms with Gasteiger partial charge in [-0.2, -0.15) is 5.26 Å². The van der Waals surface area contributed by atoms with E-state index in [0.29, 0.717) is 5.56 Å². The van der Waals surface area contributed by atoms with E-state index in [-0.39, 0.29) is 6.42 Å². The van der Waals surface area contributed by atoms with Crippen LogP contribution in [0.1, 0.15) is 18.0 Å². The summed E-state index contributed by atoms with van der Waals surface area (Å²) in [6.07, 6.45) is -0.0934. The van der Waals surface area contributed by atoms with Crippen molar-refractivity contribution in [1.82, 2.24) is 4.72 Å². The fourth-order valence-electron chi connectivity index (χ4n) is 2.09. The Balaban J connectivity index is 2.40.